The molecule has 7 heteroatoms. The van der Waals surface area contributed by atoms with Crippen molar-refractivity contribution in [2.45, 2.75) is 25.3 Å². The first-order chi connectivity index (χ1) is 14.4. The molecular formula is C23H19FN2O4. The lowest BCUT2D eigenvalue weighted by atomic mass is 9.89. The number of carbonyl (C=O) groups excluding carboxylic acids is 4. The number of imide groups is 2. The highest BCUT2D eigenvalue weighted by molar-refractivity contribution is 6.23. The maximum atomic E-state index is 14.5. The summed E-state index contributed by atoms with van der Waals surface area (Å²) in [6, 6.07) is 12.7. The summed E-state index contributed by atoms with van der Waals surface area (Å²) in [5, 5.41) is 0. The first-order valence-corrected chi connectivity index (χ1v) is 9.55. The number of benzene rings is 2. The molecule has 0 saturated heterocycles. The Hall–Kier alpha value is -3.61. The van der Waals surface area contributed by atoms with E-state index in [-0.39, 0.29) is 40.8 Å². The van der Waals surface area contributed by atoms with Crippen molar-refractivity contribution in [2.75, 3.05) is 6.67 Å². The third-order valence-corrected chi connectivity index (χ3v) is 5.82. The number of rotatable bonds is 6. The monoisotopic (exact) mass is 406 g/mol. The Bertz CT molecular complexity index is 1050. The van der Waals surface area contributed by atoms with Gasteiger partial charge in [-0.2, -0.15) is 0 Å². The van der Waals surface area contributed by atoms with Crippen LogP contribution in [0.15, 0.2) is 60.8 Å². The highest BCUT2D eigenvalue weighted by Gasteiger charge is 2.50. The molecular weight excluding hydrogens is 387 g/mol. The summed E-state index contributed by atoms with van der Waals surface area (Å²) in [6.45, 7) is 4.46. The third-order valence-electron chi connectivity index (χ3n) is 5.82. The third kappa shape index (κ3) is 2.62. The topological polar surface area (TPSA) is 74.8 Å². The van der Waals surface area contributed by atoms with Gasteiger partial charge in [-0.15, -0.1) is 0 Å². The van der Waals surface area contributed by atoms with Gasteiger partial charge in [0.1, 0.15) is 6.67 Å². The predicted octanol–water partition coefficient (Wildman–Crippen LogP) is 3.60. The molecule has 2 aliphatic rings. The van der Waals surface area contributed by atoms with Crippen LogP contribution >= 0.6 is 0 Å². The molecule has 0 N–H and O–H groups in total. The fourth-order valence-electron chi connectivity index (χ4n) is 4.12. The normalized spacial score (nSPS) is 17.3. The van der Waals surface area contributed by atoms with Crippen LogP contribution in [0.2, 0.25) is 0 Å². The summed E-state index contributed by atoms with van der Waals surface area (Å²) < 4.78 is 14.5. The number of alkyl halides is 1. The Balaban J connectivity index is 1.68. The van der Waals surface area contributed by atoms with Gasteiger partial charge in [0.25, 0.3) is 23.6 Å². The van der Waals surface area contributed by atoms with Crippen LogP contribution in [0.3, 0.4) is 0 Å². The van der Waals surface area contributed by atoms with Crippen LogP contribution in [0.25, 0.3) is 0 Å². The van der Waals surface area contributed by atoms with E-state index in [1.54, 1.807) is 31.2 Å². The maximum Gasteiger partial charge on any atom is 0.265 e. The van der Waals surface area contributed by atoms with Gasteiger partial charge in [0.05, 0.1) is 27.8 Å². The molecule has 1 unspecified atom stereocenters. The van der Waals surface area contributed by atoms with Crippen molar-refractivity contribution in [2.24, 2.45) is 0 Å². The van der Waals surface area contributed by atoms with E-state index in [4.69, 9.17) is 0 Å². The van der Waals surface area contributed by atoms with Gasteiger partial charge in [0, 0.05) is 12.1 Å². The quantitative estimate of drug-likeness (QED) is 0.687. The van der Waals surface area contributed by atoms with Crippen molar-refractivity contribution in [3.8, 4) is 0 Å². The van der Waals surface area contributed by atoms with Crippen molar-refractivity contribution >= 4 is 23.6 Å². The summed E-state index contributed by atoms with van der Waals surface area (Å²) in [6.07, 6.45) is -0.145. The van der Waals surface area contributed by atoms with Crippen LogP contribution in [-0.2, 0) is 0 Å². The molecule has 4 rings (SSSR count). The lowest BCUT2D eigenvalue weighted by Gasteiger charge is -2.39. The van der Waals surface area contributed by atoms with E-state index in [1.807, 2.05) is 0 Å². The second-order valence-corrected chi connectivity index (χ2v) is 7.44. The molecule has 0 spiro atoms. The smallest absolute Gasteiger partial charge is 0.265 e. The van der Waals surface area contributed by atoms with E-state index in [0.717, 1.165) is 9.80 Å². The zero-order chi connectivity index (χ0) is 21.6. The van der Waals surface area contributed by atoms with E-state index < -0.39 is 35.8 Å². The minimum Gasteiger partial charge on any atom is -0.269 e. The minimum atomic E-state index is -1.56. The van der Waals surface area contributed by atoms with Crippen LogP contribution in [0.5, 0.6) is 0 Å². The second-order valence-electron chi connectivity index (χ2n) is 7.44. The zero-order valence-corrected chi connectivity index (χ0v) is 16.4. The summed E-state index contributed by atoms with van der Waals surface area (Å²) in [7, 11) is 0. The van der Waals surface area contributed by atoms with Crippen molar-refractivity contribution in [3.63, 3.8) is 0 Å². The standard InChI is InChI=1S/C23H19FN2O4/c1-3-23(13-24,26-21(29)17-10-6-7-11-18(17)22(26)30)12-14(2)25-19(27)15-8-4-5-9-16(15)20(25)28/h4-11H,2-3,12-13H2,1H3. The first-order valence-electron chi connectivity index (χ1n) is 9.55. The van der Waals surface area contributed by atoms with Crippen molar-refractivity contribution in [1.82, 2.24) is 9.80 Å². The second kappa shape index (κ2) is 7.02. The van der Waals surface area contributed by atoms with Gasteiger partial charge in [0.15, 0.2) is 0 Å². The van der Waals surface area contributed by atoms with Gasteiger partial charge in [0.2, 0.25) is 0 Å². The number of amides is 4. The summed E-state index contributed by atoms with van der Waals surface area (Å²) in [5.41, 5.74) is -0.615. The average Bonchev–Trinajstić information content (AvgIpc) is 3.18. The zero-order valence-electron chi connectivity index (χ0n) is 16.4. The molecule has 2 heterocycles. The largest absolute Gasteiger partial charge is 0.269 e. The number of fused-ring (bicyclic) bond motifs is 2. The molecule has 2 aromatic rings. The lowest BCUT2D eigenvalue weighted by molar-refractivity contribution is 0.0327. The van der Waals surface area contributed by atoms with Crippen LogP contribution in [-0.4, -0.2) is 45.6 Å². The number of hydrogen-bond acceptors (Lipinski definition) is 4. The van der Waals surface area contributed by atoms with Crippen LogP contribution in [0, 0.1) is 0 Å². The molecule has 152 valence electrons. The SMILES string of the molecule is C=C(CC(CC)(CF)N1C(=O)c2ccccc2C1=O)N1C(=O)c2ccccc2C1=O. The Morgan fingerprint density at radius 1 is 0.833 bits per heavy atom. The van der Waals surface area contributed by atoms with Crippen LogP contribution in [0.1, 0.15) is 61.2 Å². The van der Waals surface area contributed by atoms with E-state index in [2.05, 4.69) is 6.58 Å². The molecule has 1 atom stereocenters. The molecule has 6 nitrogen and oxygen atoms in total. The van der Waals surface area contributed by atoms with Crippen LogP contribution in [0.4, 0.5) is 4.39 Å². The van der Waals surface area contributed by atoms with E-state index in [0.29, 0.717) is 0 Å². The van der Waals surface area contributed by atoms with E-state index in [9.17, 15) is 23.6 Å². The Labute approximate surface area is 172 Å². The summed E-state index contributed by atoms with van der Waals surface area (Å²) >= 11 is 0. The number of carbonyl (C=O) groups is 4. The highest BCUT2D eigenvalue weighted by atomic mass is 19.1. The Morgan fingerprint density at radius 3 is 1.60 bits per heavy atom. The molecule has 0 aromatic heterocycles. The van der Waals surface area contributed by atoms with Gasteiger partial charge in [-0.1, -0.05) is 37.8 Å². The van der Waals surface area contributed by atoms with Gasteiger partial charge in [-0.25, -0.2) is 9.29 Å². The van der Waals surface area contributed by atoms with Crippen molar-refractivity contribution in [3.05, 3.63) is 83.1 Å². The molecule has 0 fully saturated rings. The summed E-state index contributed by atoms with van der Waals surface area (Å²) in [4.78, 5) is 53.2. The van der Waals surface area contributed by atoms with Gasteiger partial charge in [-0.3, -0.25) is 24.1 Å². The number of halogens is 1. The lowest BCUT2D eigenvalue weighted by Crippen LogP contribution is -2.54. The molecule has 30 heavy (non-hydrogen) atoms. The Morgan fingerprint density at radius 2 is 1.23 bits per heavy atom. The predicted molar refractivity (Wildman–Crippen MR) is 107 cm³/mol. The average molecular weight is 406 g/mol. The molecule has 4 amide bonds. The van der Waals surface area contributed by atoms with E-state index >= 15 is 0 Å². The van der Waals surface area contributed by atoms with Gasteiger partial charge >= 0.3 is 0 Å². The Kier molecular flexibility index (Phi) is 4.61. The number of hydrogen-bond donors (Lipinski definition) is 0. The number of nitrogens with zero attached hydrogens (tertiary/aromatic N) is 2. The van der Waals surface area contributed by atoms with Gasteiger partial charge < -0.3 is 0 Å². The molecule has 2 aromatic carbocycles. The summed E-state index contributed by atoms with van der Waals surface area (Å²) in [5.74, 6) is -2.28. The molecule has 0 aliphatic carbocycles. The highest BCUT2D eigenvalue weighted by Crippen LogP contribution is 2.38. The molecule has 0 radical (unpaired) electrons. The van der Waals surface area contributed by atoms with Crippen LogP contribution < -0.4 is 0 Å². The van der Waals surface area contributed by atoms with E-state index in [1.165, 1.54) is 24.3 Å². The maximum absolute atomic E-state index is 14.5. The molecule has 0 saturated carbocycles. The first kappa shape index (κ1) is 19.7. The fourth-order valence-corrected chi connectivity index (χ4v) is 4.12. The minimum absolute atomic E-state index is 0.0391. The van der Waals surface area contributed by atoms with Crippen molar-refractivity contribution in [1.29, 1.82) is 0 Å². The van der Waals surface area contributed by atoms with Gasteiger partial charge in [-0.05, 0) is 30.7 Å². The molecule has 2 aliphatic heterocycles. The fraction of sp³-hybridized carbons (Fsp3) is 0.217. The van der Waals surface area contributed by atoms with Crippen molar-refractivity contribution < 1.29 is 23.6 Å². The molecule has 0 bridgehead atoms.